The Labute approximate surface area is 73.1 Å². The Bertz CT molecular complexity index is 255. The summed E-state index contributed by atoms with van der Waals surface area (Å²) in [6.07, 6.45) is 2.77. The second-order valence-corrected chi connectivity index (χ2v) is 3.35. The number of rotatable bonds is 3. The zero-order chi connectivity index (χ0) is 9.14. The lowest BCUT2D eigenvalue weighted by molar-refractivity contribution is 0.235. The van der Waals surface area contributed by atoms with Crippen LogP contribution in [0.25, 0.3) is 0 Å². The Morgan fingerprint density at radius 2 is 2.33 bits per heavy atom. The predicted octanol–water partition coefficient (Wildman–Crippen LogP) is 0.899. The Balaban J connectivity index is 2.69. The molecular weight excluding hydrogens is 152 g/mol. The molecule has 0 saturated heterocycles. The summed E-state index contributed by atoms with van der Waals surface area (Å²) in [6, 6.07) is 0. The van der Waals surface area contributed by atoms with E-state index in [1.807, 2.05) is 27.1 Å². The number of aryl methyl sites for hydroxylation is 1. The SMILES string of the molecule is Cc1ncc(CC(C)CO)n1C. The molecule has 0 aliphatic heterocycles. The second-order valence-electron chi connectivity index (χ2n) is 3.35. The molecule has 1 unspecified atom stereocenters. The molecule has 0 radical (unpaired) electrons. The molecule has 1 aromatic heterocycles. The van der Waals surface area contributed by atoms with Gasteiger partial charge in [0.25, 0.3) is 0 Å². The average Bonchev–Trinajstić information content (AvgIpc) is 2.36. The van der Waals surface area contributed by atoms with Gasteiger partial charge in [-0.05, 0) is 19.3 Å². The zero-order valence-corrected chi connectivity index (χ0v) is 7.91. The molecule has 0 bridgehead atoms. The fourth-order valence-electron chi connectivity index (χ4n) is 1.16. The van der Waals surface area contributed by atoms with Gasteiger partial charge in [-0.3, -0.25) is 0 Å². The third kappa shape index (κ3) is 1.85. The number of aliphatic hydroxyl groups excluding tert-OH is 1. The van der Waals surface area contributed by atoms with E-state index in [-0.39, 0.29) is 6.61 Å². The number of aromatic nitrogens is 2. The van der Waals surface area contributed by atoms with Gasteiger partial charge >= 0.3 is 0 Å². The monoisotopic (exact) mass is 168 g/mol. The van der Waals surface area contributed by atoms with E-state index >= 15 is 0 Å². The summed E-state index contributed by atoms with van der Waals surface area (Å²) in [5, 5.41) is 8.86. The van der Waals surface area contributed by atoms with E-state index in [1.54, 1.807) is 0 Å². The molecule has 1 rings (SSSR count). The Morgan fingerprint density at radius 1 is 1.67 bits per heavy atom. The van der Waals surface area contributed by atoms with Gasteiger partial charge in [0.05, 0.1) is 0 Å². The minimum absolute atomic E-state index is 0.240. The lowest BCUT2D eigenvalue weighted by Gasteiger charge is -2.07. The van der Waals surface area contributed by atoms with Gasteiger partial charge < -0.3 is 9.67 Å². The standard InChI is InChI=1S/C9H16N2O/c1-7(6-12)4-9-5-10-8(2)11(9)3/h5,7,12H,4,6H2,1-3H3. The van der Waals surface area contributed by atoms with Gasteiger partial charge in [-0.1, -0.05) is 6.92 Å². The normalized spacial score (nSPS) is 13.3. The lowest BCUT2D eigenvalue weighted by Crippen LogP contribution is -2.08. The van der Waals surface area contributed by atoms with Crippen molar-refractivity contribution in [1.29, 1.82) is 0 Å². The first-order valence-corrected chi connectivity index (χ1v) is 4.23. The largest absolute Gasteiger partial charge is 0.396 e. The maximum atomic E-state index is 8.86. The number of nitrogens with zero attached hydrogens (tertiary/aromatic N) is 2. The van der Waals surface area contributed by atoms with Crippen molar-refractivity contribution in [1.82, 2.24) is 9.55 Å². The summed E-state index contributed by atoms with van der Waals surface area (Å²) in [4.78, 5) is 4.18. The summed E-state index contributed by atoms with van der Waals surface area (Å²) in [7, 11) is 2.00. The highest BCUT2D eigenvalue weighted by Gasteiger charge is 2.06. The highest BCUT2D eigenvalue weighted by atomic mass is 16.3. The first-order chi connectivity index (χ1) is 5.65. The molecule has 0 saturated carbocycles. The van der Waals surface area contributed by atoms with Crippen LogP contribution in [0.3, 0.4) is 0 Å². The Hall–Kier alpha value is -0.830. The summed E-state index contributed by atoms with van der Waals surface area (Å²) >= 11 is 0. The van der Waals surface area contributed by atoms with Crippen LogP contribution >= 0.6 is 0 Å². The molecule has 0 aromatic carbocycles. The zero-order valence-electron chi connectivity index (χ0n) is 7.91. The molecule has 1 heterocycles. The van der Waals surface area contributed by atoms with Gasteiger partial charge in [0.15, 0.2) is 0 Å². The molecular formula is C9H16N2O. The molecule has 0 fully saturated rings. The summed E-state index contributed by atoms with van der Waals surface area (Å²) < 4.78 is 2.06. The number of hydrogen-bond acceptors (Lipinski definition) is 2. The van der Waals surface area contributed by atoms with Gasteiger partial charge in [0, 0.05) is 25.5 Å². The van der Waals surface area contributed by atoms with Gasteiger partial charge in [0.2, 0.25) is 0 Å². The van der Waals surface area contributed by atoms with E-state index in [0.29, 0.717) is 5.92 Å². The second kappa shape index (κ2) is 3.72. The van der Waals surface area contributed by atoms with Crippen LogP contribution in [0.5, 0.6) is 0 Å². The van der Waals surface area contributed by atoms with E-state index in [9.17, 15) is 0 Å². The smallest absolute Gasteiger partial charge is 0.105 e. The van der Waals surface area contributed by atoms with E-state index in [2.05, 4.69) is 9.55 Å². The minimum Gasteiger partial charge on any atom is -0.396 e. The third-order valence-corrected chi connectivity index (χ3v) is 2.19. The van der Waals surface area contributed by atoms with Crippen molar-refractivity contribution in [3.8, 4) is 0 Å². The minimum atomic E-state index is 0.240. The quantitative estimate of drug-likeness (QED) is 0.728. The van der Waals surface area contributed by atoms with Crippen LogP contribution in [0.1, 0.15) is 18.4 Å². The van der Waals surface area contributed by atoms with Gasteiger partial charge in [-0.2, -0.15) is 0 Å². The topological polar surface area (TPSA) is 38.1 Å². The first-order valence-electron chi connectivity index (χ1n) is 4.23. The summed E-state index contributed by atoms with van der Waals surface area (Å²) in [5.74, 6) is 1.34. The molecule has 3 heteroatoms. The number of imidazole rings is 1. The van der Waals surface area contributed by atoms with Gasteiger partial charge in [-0.25, -0.2) is 4.98 Å². The number of hydrogen-bond donors (Lipinski definition) is 1. The maximum Gasteiger partial charge on any atom is 0.105 e. The van der Waals surface area contributed by atoms with Crippen LogP contribution in [-0.2, 0) is 13.5 Å². The molecule has 0 aliphatic carbocycles. The van der Waals surface area contributed by atoms with Crippen molar-refractivity contribution < 1.29 is 5.11 Å². The number of aliphatic hydroxyl groups is 1. The van der Waals surface area contributed by atoms with Crippen LogP contribution in [-0.4, -0.2) is 21.3 Å². The lowest BCUT2D eigenvalue weighted by atomic mass is 10.1. The van der Waals surface area contributed by atoms with Crippen molar-refractivity contribution in [2.45, 2.75) is 20.3 Å². The highest BCUT2D eigenvalue weighted by molar-refractivity contribution is 5.04. The van der Waals surface area contributed by atoms with Crippen molar-refractivity contribution in [2.24, 2.45) is 13.0 Å². The third-order valence-electron chi connectivity index (χ3n) is 2.19. The Kier molecular flexibility index (Phi) is 2.87. The van der Waals surface area contributed by atoms with Gasteiger partial charge in [0.1, 0.15) is 5.82 Å². The molecule has 1 N–H and O–H groups in total. The van der Waals surface area contributed by atoms with Crippen molar-refractivity contribution in [3.05, 3.63) is 17.7 Å². The van der Waals surface area contributed by atoms with Crippen LogP contribution in [0.2, 0.25) is 0 Å². The molecule has 0 amide bonds. The molecule has 12 heavy (non-hydrogen) atoms. The molecule has 0 spiro atoms. The molecule has 0 aliphatic rings. The van der Waals surface area contributed by atoms with E-state index in [1.165, 1.54) is 5.69 Å². The fourth-order valence-corrected chi connectivity index (χ4v) is 1.16. The summed E-state index contributed by atoms with van der Waals surface area (Å²) in [5.41, 5.74) is 1.19. The van der Waals surface area contributed by atoms with E-state index in [4.69, 9.17) is 5.11 Å². The van der Waals surface area contributed by atoms with E-state index < -0.39 is 0 Å². The molecule has 1 atom stereocenters. The highest BCUT2D eigenvalue weighted by Crippen LogP contribution is 2.08. The predicted molar refractivity (Wildman–Crippen MR) is 47.9 cm³/mol. The van der Waals surface area contributed by atoms with Crippen LogP contribution in [0.15, 0.2) is 6.20 Å². The first kappa shape index (κ1) is 9.26. The van der Waals surface area contributed by atoms with Crippen molar-refractivity contribution >= 4 is 0 Å². The summed E-state index contributed by atoms with van der Waals surface area (Å²) in [6.45, 7) is 4.25. The van der Waals surface area contributed by atoms with Crippen LogP contribution < -0.4 is 0 Å². The van der Waals surface area contributed by atoms with Crippen LogP contribution in [0.4, 0.5) is 0 Å². The Morgan fingerprint density at radius 3 is 2.75 bits per heavy atom. The van der Waals surface area contributed by atoms with E-state index in [0.717, 1.165) is 12.2 Å². The maximum absolute atomic E-state index is 8.86. The molecule has 1 aromatic rings. The van der Waals surface area contributed by atoms with Crippen molar-refractivity contribution in [3.63, 3.8) is 0 Å². The van der Waals surface area contributed by atoms with Crippen molar-refractivity contribution in [2.75, 3.05) is 6.61 Å². The molecule has 3 nitrogen and oxygen atoms in total. The fraction of sp³-hybridized carbons (Fsp3) is 0.667. The van der Waals surface area contributed by atoms with Crippen LogP contribution in [0, 0.1) is 12.8 Å². The van der Waals surface area contributed by atoms with Gasteiger partial charge in [-0.15, -0.1) is 0 Å². The average molecular weight is 168 g/mol. The molecule has 68 valence electrons.